The van der Waals surface area contributed by atoms with Crippen molar-refractivity contribution in [3.63, 3.8) is 0 Å². The van der Waals surface area contributed by atoms with Gasteiger partial charge in [-0.25, -0.2) is 4.98 Å². The van der Waals surface area contributed by atoms with Crippen LogP contribution in [0.1, 0.15) is 30.4 Å². The second-order valence-corrected chi connectivity index (χ2v) is 4.85. The first-order chi connectivity index (χ1) is 7.25. The highest BCUT2D eigenvalue weighted by Gasteiger charge is 2.20. The van der Waals surface area contributed by atoms with Gasteiger partial charge in [-0.05, 0) is 24.3 Å². The maximum atomic E-state index is 10.5. The van der Waals surface area contributed by atoms with Gasteiger partial charge in [0, 0.05) is 5.92 Å². The van der Waals surface area contributed by atoms with E-state index in [1.165, 1.54) is 6.20 Å². The molecule has 1 aromatic rings. The number of oxazole rings is 1. The van der Waals surface area contributed by atoms with Crippen LogP contribution in [0.5, 0.6) is 0 Å². The lowest BCUT2D eigenvalue weighted by atomic mass is 10.0. The molecule has 1 aromatic heterocycles. The molecule has 2 heterocycles. The van der Waals surface area contributed by atoms with Crippen LogP contribution in [0.2, 0.25) is 0 Å². The summed E-state index contributed by atoms with van der Waals surface area (Å²) >= 11 is 1.95. The number of carboxylic acid groups (broad SMARTS) is 1. The Morgan fingerprint density at radius 3 is 3.00 bits per heavy atom. The summed E-state index contributed by atoms with van der Waals surface area (Å²) in [6, 6.07) is 0. The molecule has 1 N–H and O–H groups in total. The Kier molecular flexibility index (Phi) is 3.30. The van der Waals surface area contributed by atoms with Crippen molar-refractivity contribution in [3.8, 4) is 0 Å². The molecule has 0 aromatic carbocycles. The smallest absolute Gasteiger partial charge is 0.311 e. The van der Waals surface area contributed by atoms with Crippen molar-refractivity contribution in [2.45, 2.75) is 25.2 Å². The first-order valence-electron chi connectivity index (χ1n) is 5.00. The van der Waals surface area contributed by atoms with Crippen LogP contribution in [-0.2, 0) is 11.2 Å². The van der Waals surface area contributed by atoms with Gasteiger partial charge in [-0.1, -0.05) is 0 Å². The molecule has 5 heteroatoms. The first kappa shape index (κ1) is 10.5. The summed E-state index contributed by atoms with van der Waals surface area (Å²) in [4.78, 5) is 14.6. The topological polar surface area (TPSA) is 63.3 Å². The summed E-state index contributed by atoms with van der Waals surface area (Å²) in [6.07, 6.45) is 3.62. The van der Waals surface area contributed by atoms with Crippen LogP contribution in [0, 0.1) is 0 Å². The van der Waals surface area contributed by atoms with Gasteiger partial charge in [-0.15, -0.1) is 0 Å². The number of aliphatic carboxylic acids is 1. The van der Waals surface area contributed by atoms with E-state index in [2.05, 4.69) is 4.98 Å². The van der Waals surface area contributed by atoms with Crippen molar-refractivity contribution < 1.29 is 14.3 Å². The molecular formula is C10H13NO3S. The molecule has 0 spiro atoms. The van der Waals surface area contributed by atoms with Crippen LogP contribution >= 0.6 is 11.8 Å². The lowest BCUT2D eigenvalue weighted by Gasteiger charge is -2.17. The second kappa shape index (κ2) is 4.70. The van der Waals surface area contributed by atoms with E-state index in [1.807, 2.05) is 11.8 Å². The highest BCUT2D eigenvalue weighted by atomic mass is 32.2. The molecule has 0 bridgehead atoms. The summed E-state index contributed by atoms with van der Waals surface area (Å²) in [7, 11) is 0. The number of nitrogens with zero attached hydrogens (tertiary/aromatic N) is 1. The predicted octanol–water partition coefficient (Wildman–Crippen LogP) is 1.91. The van der Waals surface area contributed by atoms with E-state index in [4.69, 9.17) is 9.52 Å². The summed E-state index contributed by atoms with van der Waals surface area (Å²) in [5.74, 6) is 2.95. The number of thioether (sulfide) groups is 1. The largest absolute Gasteiger partial charge is 0.481 e. The Hall–Kier alpha value is -0.970. The molecule has 0 aliphatic carbocycles. The quantitative estimate of drug-likeness (QED) is 0.854. The van der Waals surface area contributed by atoms with Crippen molar-refractivity contribution in [2.24, 2.45) is 0 Å². The zero-order valence-corrected chi connectivity index (χ0v) is 9.13. The highest BCUT2D eigenvalue weighted by Crippen LogP contribution is 2.30. The number of hydrogen-bond acceptors (Lipinski definition) is 4. The molecule has 1 aliphatic rings. The molecule has 1 aliphatic heterocycles. The number of carbonyl (C=O) groups is 1. The SMILES string of the molecule is O=C(O)Cc1cnc(C2CCSCC2)o1. The van der Waals surface area contributed by atoms with Crippen molar-refractivity contribution in [2.75, 3.05) is 11.5 Å². The molecule has 0 unspecified atom stereocenters. The van der Waals surface area contributed by atoms with Crippen LogP contribution in [-0.4, -0.2) is 27.6 Å². The number of hydrogen-bond donors (Lipinski definition) is 1. The molecule has 4 nitrogen and oxygen atoms in total. The monoisotopic (exact) mass is 227 g/mol. The minimum absolute atomic E-state index is 0.0749. The zero-order valence-electron chi connectivity index (χ0n) is 8.31. The molecule has 0 saturated carbocycles. The van der Waals surface area contributed by atoms with Crippen molar-refractivity contribution in [1.82, 2.24) is 4.98 Å². The van der Waals surface area contributed by atoms with Gasteiger partial charge < -0.3 is 9.52 Å². The molecule has 0 atom stereocenters. The minimum atomic E-state index is -0.878. The fraction of sp³-hybridized carbons (Fsp3) is 0.600. The van der Waals surface area contributed by atoms with Gasteiger partial charge in [-0.2, -0.15) is 11.8 Å². The maximum Gasteiger partial charge on any atom is 0.311 e. The second-order valence-electron chi connectivity index (χ2n) is 3.62. The summed E-state index contributed by atoms with van der Waals surface area (Å²) in [6.45, 7) is 0. The molecular weight excluding hydrogens is 214 g/mol. The Morgan fingerprint density at radius 1 is 1.60 bits per heavy atom. The van der Waals surface area contributed by atoms with Crippen LogP contribution in [0.15, 0.2) is 10.6 Å². The van der Waals surface area contributed by atoms with Crippen molar-refractivity contribution >= 4 is 17.7 Å². The Labute approximate surface area is 92.1 Å². The standard InChI is InChI=1S/C10H13NO3S/c12-9(13)5-8-6-11-10(14-8)7-1-3-15-4-2-7/h6-7H,1-5H2,(H,12,13). The van der Waals surface area contributed by atoms with E-state index in [9.17, 15) is 4.79 Å². The van der Waals surface area contributed by atoms with Crippen LogP contribution in [0.25, 0.3) is 0 Å². The summed E-state index contributed by atoms with van der Waals surface area (Å²) < 4.78 is 5.43. The molecule has 1 fully saturated rings. The third kappa shape index (κ3) is 2.75. The van der Waals surface area contributed by atoms with Crippen LogP contribution in [0.3, 0.4) is 0 Å². The van der Waals surface area contributed by atoms with E-state index in [0.717, 1.165) is 24.3 Å². The summed E-state index contributed by atoms with van der Waals surface area (Å²) in [5, 5.41) is 8.60. The number of rotatable bonds is 3. The Bertz CT molecular complexity index is 344. The van der Waals surface area contributed by atoms with Crippen molar-refractivity contribution in [1.29, 1.82) is 0 Å². The lowest BCUT2D eigenvalue weighted by Crippen LogP contribution is -2.07. The molecule has 0 radical (unpaired) electrons. The molecule has 2 rings (SSSR count). The van der Waals surface area contributed by atoms with E-state index >= 15 is 0 Å². The zero-order chi connectivity index (χ0) is 10.7. The first-order valence-corrected chi connectivity index (χ1v) is 6.15. The fourth-order valence-corrected chi connectivity index (χ4v) is 2.79. The van der Waals surface area contributed by atoms with Gasteiger partial charge in [0.25, 0.3) is 0 Å². The minimum Gasteiger partial charge on any atom is -0.481 e. The lowest BCUT2D eigenvalue weighted by molar-refractivity contribution is -0.136. The number of carboxylic acids is 1. The van der Waals surface area contributed by atoms with Crippen LogP contribution in [0.4, 0.5) is 0 Å². The average Bonchev–Trinajstić information content (AvgIpc) is 2.67. The van der Waals surface area contributed by atoms with E-state index in [-0.39, 0.29) is 6.42 Å². The molecule has 15 heavy (non-hydrogen) atoms. The Morgan fingerprint density at radius 2 is 2.33 bits per heavy atom. The molecule has 1 saturated heterocycles. The molecule has 82 valence electrons. The van der Waals surface area contributed by atoms with Crippen molar-refractivity contribution in [3.05, 3.63) is 17.8 Å². The van der Waals surface area contributed by atoms with Gasteiger partial charge in [0.2, 0.25) is 0 Å². The maximum absolute atomic E-state index is 10.5. The normalized spacial score (nSPS) is 17.9. The van der Waals surface area contributed by atoms with Gasteiger partial charge in [0.1, 0.15) is 12.2 Å². The highest BCUT2D eigenvalue weighted by molar-refractivity contribution is 7.99. The predicted molar refractivity (Wildman–Crippen MR) is 57.1 cm³/mol. The van der Waals surface area contributed by atoms with E-state index in [1.54, 1.807) is 0 Å². The molecule has 0 amide bonds. The average molecular weight is 227 g/mol. The van der Waals surface area contributed by atoms with Gasteiger partial charge in [-0.3, -0.25) is 4.79 Å². The summed E-state index contributed by atoms with van der Waals surface area (Å²) in [5.41, 5.74) is 0. The Balaban J connectivity index is 2.02. The number of aromatic nitrogens is 1. The van der Waals surface area contributed by atoms with Gasteiger partial charge in [0.05, 0.1) is 6.20 Å². The van der Waals surface area contributed by atoms with Gasteiger partial charge >= 0.3 is 5.97 Å². The van der Waals surface area contributed by atoms with E-state index in [0.29, 0.717) is 17.6 Å². The third-order valence-electron chi connectivity index (χ3n) is 2.47. The fourth-order valence-electron chi connectivity index (χ4n) is 1.69. The third-order valence-corrected chi connectivity index (χ3v) is 3.52. The van der Waals surface area contributed by atoms with E-state index < -0.39 is 5.97 Å². The van der Waals surface area contributed by atoms with Crippen LogP contribution < -0.4 is 0 Å². The van der Waals surface area contributed by atoms with Gasteiger partial charge in [0.15, 0.2) is 5.89 Å².